The zero-order valence-electron chi connectivity index (χ0n) is 19.0. The molecule has 1 fully saturated rings. The zero-order chi connectivity index (χ0) is 23.4. The van der Waals surface area contributed by atoms with Crippen LogP contribution < -0.4 is 5.32 Å². The van der Waals surface area contributed by atoms with Crippen molar-refractivity contribution in [2.45, 2.75) is 26.7 Å². The normalized spacial score (nSPS) is 16.5. The number of halogens is 1. The molecule has 3 aromatic rings. The minimum atomic E-state index is -0.371. The van der Waals surface area contributed by atoms with Crippen molar-refractivity contribution in [3.63, 3.8) is 0 Å². The molecule has 172 valence electrons. The quantitative estimate of drug-likeness (QED) is 0.601. The Hall–Kier alpha value is -3.48. The summed E-state index contributed by atoms with van der Waals surface area (Å²) in [5.41, 5.74) is 3.61. The number of hydrogen-bond acceptors (Lipinski definition) is 3. The Labute approximate surface area is 193 Å². The Morgan fingerprint density at radius 2 is 1.94 bits per heavy atom. The average molecular weight is 449 g/mol. The summed E-state index contributed by atoms with van der Waals surface area (Å²) in [6.07, 6.45) is 1.32. The molecular weight excluding hydrogens is 419 g/mol. The summed E-state index contributed by atoms with van der Waals surface area (Å²) in [6, 6.07) is 16.0. The minimum Gasteiger partial charge on any atom is -0.354 e. The topological polar surface area (TPSA) is 78.1 Å². The molecule has 1 unspecified atom stereocenters. The fourth-order valence-corrected chi connectivity index (χ4v) is 4.22. The summed E-state index contributed by atoms with van der Waals surface area (Å²) in [5, 5.41) is 10.1. The number of amides is 2. The average Bonchev–Trinajstić information content (AvgIpc) is 3.17. The Balaban J connectivity index is 1.46. The SMILES string of the molecule is CC(C)Cc1cc(C(=O)N2CCNC(=O)C(Cc3ccc(-c4ccccc4F)cc3)C2)n[nH]1. The number of aromatic nitrogens is 2. The molecule has 4 rings (SSSR count). The minimum absolute atomic E-state index is 0.0639. The van der Waals surface area contributed by atoms with E-state index in [9.17, 15) is 14.0 Å². The Morgan fingerprint density at radius 3 is 2.67 bits per heavy atom. The van der Waals surface area contributed by atoms with E-state index in [-0.39, 0.29) is 23.5 Å². The van der Waals surface area contributed by atoms with Crippen LogP contribution in [0.2, 0.25) is 0 Å². The highest BCUT2D eigenvalue weighted by Crippen LogP contribution is 2.24. The third-order valence-corrected chi connectivity index (χ3v) is 5.88. The van der Waals surface area contributed by atoms with Crippen LogP contribution in [0.25, 0.3) is 11.1 Å². The zero-order valence-corrected chi connectivity index (χ0v) is 19.0. The number of benzene rings is 2. The van der Waals surface area contributed by atoms with E-state index in [1.807, 2.05) is 24.3 Å². The molecule has 0 bridgehead atoms. The second-order valence-electron chi connectivity index (χ2n) is 9.00. The molecule has 6 nitrogen and oxygen atoms in total. The number of carbonyl (C=O) groups excluding carboxylic acids is 2. The fraction of sp³-hybridized carbons (Fsp3) is 0.346. The van der Waals surface area contributed by atoms with Crippen molar-refractivity contribution in [1.82, 2.24) is 20.4 Å². The molecule has 33 heavy (non-hydrogen) atoms. The first-order chi connectivity index (χ1) is 15.9. The highest BCUT2D eigenvalue weighted by atomic mass is 19.1. The van der Waals surface area contributed by atoms with Gasteiger partial charge in [-0.25, -0.2) is 4.39 Å². The highest BCUT2D eigenvalue weighted by molar-refractivity contribution is 5.93. The van der Waals surface area contributed by atoms with Crippen LogP contribution in [0, 0.1) is 17.7 Å². The summed E-state index contributed by atoms with van der Waals surface area (Å²) >= 11 is 0. The van der Waals surface area contributed by atoms with Crippen LogP contribution in [-0.2, 0) is 17.6 Å². The van der Waals surface area contributed by atoms with Crippen LogP contribution in [0.3, 0.4) is 0 Å². The van der Waals surface area contributed by atoms with Crippen molar-refractivity contribution >= 4 is 11.8 Å². The van der Waals surface area contributed by atoms with E-state index in [1.165, 1.54) is 6.07 Å². The molecule has 0 aliphatic carbocycles. The van der Waals surface area contributed by atoms with Gasteiger partial charge in [0, 0.05) is 30.9 Å². The van der Waals surface area contributed by atoms with E-state index < -0.39 is 0 Å². The van der Waals surface area contributed by atoms with Crippen molar-refractivity contribution in [3.05, 3.63) is 77.4 Å². The molecule has 0 saturated carbocycles. The number of aromatic amines is 1. The molecule has 2 heterocycles. The molecule has 1 aliphatic heterocycles. The van der Waals surface area contributed by atoms with Gasteiger partial charge in [-0.3, -0.25) is 14.7 Å². The Morgan fingerprint density at radius 1 is 1.18 bits per heavy atom. The van der Waals surface area contributed by atoms with Crippen LogP contribution in [0.15, 0.2) is 54.6 Å². The molecular formula is C26H29FN4O2. The van der Waals surface area contributed by atoms with E-state index >= 15 is 0 Å². The van der Waals surface area contributed by atoms with Gasteiger partial charge < -0.3 is 10.2 Å². The molecule has 2 N–H and O–H groups in total. The third kappa shape index (κ3) is 5.48. The standard InChI is InChI=1S/C26H29FN4O2/c1-17(2)13-21-15-24(30-29-21)26(33)31-12-11-28-25(32)20(16-31)14-18-7-9-19(10-8-18)22-5-3-4-6-23(22)27/h3-10,15,17,20H,11-14,16H2,1-2H3,(H,28,32)(H,29,30). The lowest BCUT2D eigenvalue weighted by Crippen LogP contribution is -2.37. The maximum absolute atomic E-state index is 14.1. The van der Waals surface area contributed by atoms with Crippen LogP contribution in [0.1, 0.15) is 35.6 Å². The monoisotopic (exact) mass is 448 g/mol. The van der Waals surface area contributed by atoms with Crippen molar-refractivity contribution in [2.24, 2.45) is 11.8 Å². The summed E-state index contributed by atoms with van der Waals surface area (Å²) < 4.78 is 14.1. The van der Waals surface area contributed by atoms with Crippen molar-refractivity contribution in [1.29, 1.82) is 0 Å². The van der Waals surface area contributed by atoms with E-state index in [0.29, 0.717) is 43.2 Å². The van der Waals surface area contributed by atoms with Crippen molar-refractivity contribution in [3.8, 4) is 11.1 Å². The lowest BCUT2D eigenvalue weighted by atomic mass is 9.96. The van der Waals surface area contributed by atoms with Crippen LogP contribution in [0.4, 0.5) is 4.39 Å². The molecule has 1 saturated heterocycles. The van der Waals surface area contributed by atoms with E-state index in [2.05, 4.69) is 29.4 Å². The van der Waals surface area contributed by atoms with Gasteiger partial charge in [-0.1, -0.05) is 56.3 Å². The molecule has 1 aliphatic rings. The molecule has 0 spiro atoms. The first kappa shape index (κ1) is 22.7. The van der Waals surface area contributed by atoms with E-state index in [1.54, 1.807) is 29.2 Å². The summed E-state index contributed by atoms with van der Waals surface area (Å²) in [4.78, 5) is 27.4. The first-order valence-electron chi connectivity index (χ1n) is 11.4. The lowest BCUT2D eigenvalue weighted by Gasteiger charge is -2.22. The van der Waals surface area contributed by atoms with Gasteiger partial charge in [0.05, 0.1) is 5.92 Å². The molecule has 0 radical (unpaired) electrons. The molecule has 2 aromatic carbocycles. The van der Waals surface area contributed by atoms with Crippen LogP contribution >= 0.6 is 0 Å². The van der Waals surface area contributed by atoms with E-state index in [4.69, 9.17) is 0 Å². The Kier molecular flexibility index (Phi) is 6.87. The van der Waals surface area contributed by atoms with Gasteiger partial charge in [0.25, 0.3) is 5.91 Å². The number of hydrogen-bond donors (Lipinski definition) is 2. The number of nitrogens with one attached hydrogen (secondary N) is 2. The summed E-state index contributed by atoms with van der Waals surface area (Å²) in [7, 11) is 0. The van der Waals surface area contributed by atoms with Gasteiger partial charge >= 0.3 is 0 Å². The van der Waals surface area contributed by atoms with Crippen molar-refractivity contribution in [2.75, 3.05) is 19.6 Å². The van der Waals surface area contributed by atoms with Gasteiger partial charge in [0.1, 0.15) is 11.5 Å². The smallest absolute Gasteiger partial charge is 0.274 e. The third-order valence-electron chi connectivity index (χ3n) is 5.88. The van der Waals surface area contributed by atoms with Gasteiger partial charge in [0.15, 0.2) is 0 Å². The van der Waals surface area contributed by atoms with Crippen LogP contribution in [-0.4, -0.2) is 46.5 Å². The Bertz CT molecular complexity index is 1120. The first-order valence-corrected chi connectivity index (χ1v) is 11.4. The number of rotatable bonds is 6. The number of H-pyrrole nitrogens is 1. The molecule has 7 heteroatoms. The molecule has 1 atom stereocenters. The van der Waals surface area contributed by atoms with E-state index in [0.717, 1.165) is 23.2 Å². The van der Waals surface area contributed by atoms with Gasteiger partial charge in [-0.05, 0) is 42.0 Å². The van der Waals surface area contributed by atoms with Gasteiger partial charge in [0.2, 0.25) is 5.91 Å². The highest BCUT2D eigenvalue weighted by Gasteiger charge is 2.29. The molecule has 1 aromatic heterocycles. The lowest BCUT2D eigenvalue weighted by molar-refractivity contribution is -0.124. The summed E-state index contributed by atoms with van der Waals surface area (Å²) in [6.45, 7) is 5.41. The largest absolute Gasteiger partial charge is 0.354 e. The second kappa shape index (κ2) is 9.98. The maximum Gasteiger partial charge on any atom is 0.274 e. The van der Waals surface area contributed by atoms with Gasteiger partial charge in [-0.2, -0.15) is 5.10 Å². The van der Waals surface area contributed by atoms with Crippen molar-refractivity contribution < 1.29 is 14.0 Å². The van der Waals surface area contributed by atoms with Gasteiger partial charge in [-0.15, -0.1) is 0 Å². The maximum atomic E-state index is 14.1. The number of nitrogens with zero attached hydrogens (tertiary/aromatic N) is 2. The second-order valence-corrected chi connectivity index (χ2v) is 9.00. The van der Waals surface area contributed by atoms with Crippen LogP contribution in [0.5, 0.6) is 0 Å². The summed E-state index contributed by atoms with van der Waals surface area (Å²) in [5.74, 6) is -0.409. The molecule has 2 amide bonds. The fourth-order valence-electron chi connectivity index (χ4n) is 4.22. The number of carbonyl (C=O) groups is 2. The predicted octanol–water partition coefficient (Wildman–Crippen LogP) is 3.85. The predicted molar refractivity (Wildman–Crippen MR) is 125 cm³/mol.